The van der Waals surface area contributed by atoms with E-state index in [1.807, 2.05) is 0 Å². The molecule has 1 fully saturated rings. The van der Waals surface area contributed by atoms with Crippen LogP contribution in [-0.2, 0) is 24.2 Å². The van der Waals surface area contributed by atoms with Gasteiger partial charge in [0.05, 0.1) is 20.3 Å². The van der Waals surface area contributed by atoms with Gasteiger partial charge in [0, 0.05) is 0 Å². The minimum absolute atomic E-state index is 0. The molecule has 9 aromatic carbocycles. The van der Waals surface area contributed by atoms with Gasteiger partial charge in [0.1, 0.15) is 13.1 Å². The average Bonchev–Trinajstić information content (AvgIpc) is 3.38. The van der Waals surface area contributed by atoms with Crippen LogP contribution < -0.4 is 72.6 Å². The van der Waals surface area contributed by atoms with Crippen molar-refractivity contribution in [1.82, 2.24) is 0 Å². The van der Waals surface area contributed by atoms with Crippen LogP contribution in [0.2, 0.25) is 0 Å². The standard InChI is InChI=1S/3C18H15P.C5H11NO2.2ClH.Ru/c3*1-4-10-16(11-5-1)19(17-12-6-2-7-13-17)18-14-8-3-9-15-18;1-6(7)2-4-8-5-3-6;;;/h3*1-15H;2-5H2,1H3;2*1H;/q;;;;;;+2/p-2. The first-order valence-electron chi connectivity index (χ1n) is 22.0. The number of rotatable bonds is 9. The summed E-state index contributed by atoms with van der Waals surface area (Å²) in [6.07, 6.45) is 0. The number of nitrogens with zero attached hydrogens (tertiary/aromatic N) is 1. The molecular weight excluding hydrogens is 1020 g/mol. The fourth-order valence-corrected chi connectivity index (χ4v) is 14.2. The van der Waals surface area contributed by atoms with E-state index in [1.54, 1.807) is 7.05 Å². The molecule has 9 heteroatoms. The Morgan fingerprint density at radius 2 is 0.426 bits per heavy atom. The summed E-state index contributed by atoms with van der Waals surface area (Å²) in [7, 11) is 0.345. The quantitative estimate of drug-likeness (QED) is 0.0937. The van der Waals surface area contributed by atoms with Crippen LogP contribution >= 0.6 is 23.8 Å². The first-order valence-corrected chi connectivity index (χ1v) is 26.1. The smallest absolute Gasteiger partial charge is 1.00 e. The maximum absolute atomic E-state index is 11.0. The van der Waals surface area contributed by atoms with Crippen LogP contribution in [-0.4, -0.2) is 38.0 Å². The van der Waals surface area contributed by atoms with Gasteiger partial charge in [-0.1, -0.05) is 273 Å². The van der Waals surface area contributed by atoms with Crippen molar-refractivity contribution < 1.29 is 53.7 Å². The summed E-state index contributed by atoms with van der Waals surface area (Å²) in [5.74, 6) is 0. The summed E-state index contributed by atoms with van der Waals surface area (Å²) in [6, 6.07) is 97.0. The molecule has 0 bridgehead atoms. The molecule has 68 heavy (non-hydrogen) atoms. The van der Waals surface area contributed by atoms with Crippen molar-refractivity contribution in [2.24, 2.45) is 0 Å². The molecule has 1 aliphatic heterocycles. The molecule has 0 saturated carbocycles. The number of likely N-dealkylation sites (N-methyl/N-ethyl adjacent to an activating group) is 1. The summed E-state index contributed by atoms with van der Waals surface area (Å²) in [5.41, 5.74) is 0. The average molecular weight is 1080 g/mol. The summed E-state index contributed by atoms with van der Waals surface area (Å²) >= 11 is 0. The maximum Gasteiger partial charge on any atom is 2.00 e. The molecular formula is C59H56Cl2NO2P3Ru. The van der Waals surface area contributed by atoms with E-state index in [4.69, 9.17) is 4.74 Å². The SMILES string of the molecule is C[N+]1([O-])CCOCC1.[Cl-].[Cl-].[Ru+2].c1ccc(P(c2ccccc2)c2ccccc2)cc1.c1ccc(P(c2ccccc2)c2ccccc2)cc1.c1ccc(P(c2ccccc2)c2ccccc2)cc1. The topological polar surface area (TPSA) is 32.3 Å². The van der Waals surface area contributed by atoms with Gasteiger partial charge in [-0.05, 0) is 71.5 Å². The largest absolute Gasteiger partial charge is 2.00 e. The summed E-state index contributed by atoms with van der Waals surface area (Å²) < 4.78 is 4.86. The number of quaternary nitrogens is 1. The molecule has 10 rings (SSSR count). The molecule has 1 heterocycles. The molecule has 9 aromatic rings. The van der Waals surface area contributed by atoms with Crippen LogP contribution in [0.4, 0.5) is 0 Å². The van der Waals surface area contributed by atoms with Crippen LogP contribution in [0.5, 0.6) is 0 Å². The van der Waals surface area contributed by atoms with Crippen LogP contribution in [0.15, 0.2) is 273 Å². The van der Waals surface area contributed by atoms with Crippen molar-refractivity contribution in [2.45, 2.75) is 0 Å². The molecule has 0 N–H and O–H groups in total. The van der Waals surface area contributed by atoms with Gasteiger partial charge < -0.3 is 39.4 Å². The zero-order valence-electron chi connectivity index (χ0n) is 38.0. The van der Waals surface area contributed by atoms with Crippen molar-refractivity contribution in [3.8, 4) is 0 Å². The third kappa shape index (κ3) is 17.4. The molecule has 0 atom stereocenters. The second kappa shape index (κ2) is 30.8. The van der Waals surface area contributed by atoms with Crippen LogP contribution in [0, 0.1) is 5.21 Å². The fourth-order valence-electron chi connectivity index (χ4n) is 7.26. The van der Waals surface area contributed by atoms with Gasteiger partial charge in [0.25, 0.3) is 0 Å². The number of hydrogen-bond acceptors (Lipinski definition) is 2. The van der Waals surface area contributed by atoms with Gasteiger partial charge in [0.15, 0.2) is 0 Å². The Hall–Kier alpha value is -4.65. The molecule has 3 nitrogen and oxygen atoms in total. The van der Waals surface area contributed by atoms with Crippen LogP contribution in [0.3, 0.4) is 0 Å². The molecule has 346 valence electrons. The molecule has 0 radical (unpaired) electrons. The second-order valence-electron chi connectivity index (χ2n) is 15.4. The Morgan fingerprint density at radius 3 is 0.529 bits per heavy atom. The van der Waals surface area contributed by atoms with Crippen molar-refractivity contribution in [1.29, 1.82) is 0 Å². The predicted octanol–water partition coefficient (Wildman–Crippen LogP) is 4.30. The fraction of sp³-hybridized carbons (Fsp3) is 0.0847. The molecule has 0 unspecified atom stereocenters. The van der Waals surface area contributed by atoms with E-state index >= 15 is 0 Å². The number of ether oxygens (including phenoxy) is 1. The Kier molecular flexibility index (Phi) is 25.3. The molecule has 0 spiro atoms. The Balaban J connectivity index is 0.000000202. The minimum Gasteiger partial charge on any atom is -1.00 e. The van der Waals surface area contributed by atoms with E-state index in [2.05, 4.69) is 273 Å². The summed E-state index contributed by atoms with van der Waals surface area (Å²) in [5, 5.41) is 23.6. The van der Waals surface area contributed by atoms with Gasteiger partial charge in [0.2, 0.25) is 0 Å². The Labute approximate surface area is 433 Å². The van der Waals surface area contributed by atoms with Gasteiger partial charge in [-0.15, -0.1) is 0 Å². The number of benzene rings is 9. The molecule has 0 aromatic heterocycles. The Bertz CT molecular complexity index is 2080. The molecule has 0 amide bonds. The van der Waals surface area contributed by atoms with E-state index in [0.29, 0.717) is 26.3 Å². The molecule has 0 aliphatic carbocycles. The van der Waals surface area contributed by atoms with Crippen molar-refractivity contribution in [3.63, 3.8) is 0 Å². The van der Waals surface area contributed by atoms with Crippen molar-refractivity contribution in [2.75, 3.05) is 33.4 Å². The maximum atomic E-state index is 11.0. The first kappa shape index (κ1) is 55.9. The summed E-state index contributed by atoms with van der Waals surface area (Å²) in [4.78, 5) is 0. The van der Waals surface area contributed by atoms with Crippen molar-refractivity contribution in [3.05, 3.63) is 278 Å². The van der Waals surface area contributed by atoms with Crippen molar-refractivity contribution >= 4 is 71.5 Å². The zero-order chi connectivity index (χ0) is 44.8. The third-order valence-corrected chi connectivity index (χ3v) is 17.9. The number of halogens is 2. The van der Waals surface area contributed by atoms with E-state index in [-0.39, 0.29) is 48.9 Å². The third-order valence-electron chi connectivity index (χ3n) is 10.5. The normalized spacial score (nSPS) is 12.1. The number of hydrogen-bond donors (Lipinski definition) is 0. The first-order chi connectivity index (χ1) is 32.1. The van der Waals surface area contributed by atoms with Gasteiger partial charge in [-0.25, -0.2) is 0 Å². The van der Waals surface area contributed by atoms with Crippen LogP contribution in [0.1, 0.15) is 0 Å². The van der Waals surface area contributed by atoms with Gasteiger partial charge in [-0.2, -0.15) is 0 Å². The van der Waals surface area contributed by atoms with Gasteiger partial charge >= 0.3 is 19.5 Å². The van der Waals surface area contributed by atoms with E-state index < -0.39 is 23.8 Å². The van der Waals surface area contributed by atoms with Crippen LogP contribution in [0.25, 0.3) is 0 Å². The molecule has 1 saturated heterocycles. The Morgan fingerprint density at radius 1 is 0.294 bits per heavy atom. The number of hydroxylamine groups is 3. The second-order valence-corrected chi connectivity index (χ2v) is 22.0. The minimum atomic E-state index is -0.446. The zero-order valence-corrected chi connectivity index (χ0v) is 44.0. The van der Waals surface area contributed by atoms with E-state index in [1.165, 1.54) is 47.7 Å². The van der Waals surface area contributed by atoms with Gasteiger partial charge in [-0.3, -0.25) is 0 Å². The van der Waals surface area contributed by atoms with E-state index in [9.17, 15) is 5.21 Å². The van der Waals surface area contributed by atoms with E-state index in [0.717, 1.165) is 0 Å². The summed E-state index contributed by atoms with van der Waals surface area (Å²) in [6.45, 7) is 2.47. The predicted molar refractivity (Wildman–Crippen MR) is 286 cm³/mol. The number of morpholine rings is 1. The molecule has 1 aliphatic rings. The monoisotopic (exact) mass is 1080 g/mol.